The first-order valence-electron chi connectivity index (χ1n) is 13.4. The number of allylic oxidation sites excluding steroid dienone is 6. The van der Waals surface area contributed by atoms with E-state index in [9.17, 15) is 20.4 Å². The topological polar surface area (TPSA) is 121 Å². The Bertz CT molecular complexity index is 668. The van der Waals surface area contributed by atoms with Gasteiger partial charge in [-0.3, -0.25) is 0 Å². The minimum Gasteiger partial charge on any atom is -0.392 e. The minimum absolute atomic E-state index is 0.0119. The number of hydrogen-bond acceptors (Lipinski definition) is 6. The average molecular weight is 511 g/mol. The molecular formula is C30H54O6. The third kappa shape index (κ3) is 15.7. The molecule has 0 radical (unpaired) electrons. The van der Waals surface area contributed by atoms with Crippen molar-refractivity contribution in [3.63, 3.8) is 0 Å². The monoisotopic (exact) mass is 510 g/mol. The first-order chi connectivity index (χ1) is 16.7. The summed E-state index contributed by atoms with van der Waals surface area (Å²) in [4.78, 5) is 0. The van der Waals surface area contributed by atoms with Gasteiger partial charge in [0.05, 0.1) is 36.6 Å². The number of hydrogen-bond donors (Lipinski definition) is 6. The summed E-state index contributed by atoms with van der Waals surface area (Å²) in [5, 5.41) is 60.1. The molecule has 0 fully saturated rings. The van der Waals surface area contributed by atoms with Gasteiger partial charge in [-0.15, -0.1) is 0 Å². The van der Waals surface area contributed by atoms with Gasteiger partial charge in [0.15, 0.2) is 0 Å². The fraction of sp³-hybridized carbons (Fsp3) is 0.733. The zero-order chi connectivity index (χ0) is 27.8. The van der Waals surface area contributed by atoms with Crippen LogP contribution >= 0.6 is 0 Å². The number of aliphatic hydroxyl groups is 6. The molecule has 0 aliphatic rings. The molecular weight excluding hydrogens is 456 g/mol. The summed E-state index contributed by atoms with van der Waals surface area (Å²) in [7, 11) is 0. The molecule has 0 aromatic heterocycles. The molecule has 0 unspecified atom stereocenters. The van der Waals surface area contributed by atoms with Gasteiger partial charge in [0.25, 0.3) is 0 Å². The Labute approximate surface area is 219 Å². The van der Waals surface area contributed by atoms with E-state index in [1.807, 2.05) is 39.8 Å². The summed E-state index contributed by atoms with van der Waals surface area (Å²) in [6.07, 6.45) is 12.9. The predicted octanol–water partition coefficient (Wildman–Crippen LogP) is 4.88. The summed E-state index contributed by atoms with van der Waals surface area (Å²) in [6, 6.07) is 0. The van der Waals surface area contributed by atoms with Gasteiger partial charge in [0.2, 0.25) is 0 Å². The maximum absolute atomic E-state index is 10.6. The normalized spacial score (nSPS) is 19.1. The third-order valence-corrected chi connectivity index (χ3v) is 7.00. The van der Waals surface area contributed by atoms with E-state index in [4.69, 9.17) is 10.2 Å². The van der Waals surface area contributed by atoms with Crippen molar-refractivity contribution >= 4 is 0 Å². The Morgan fingerprint density at radius 1 is 0.583 bits per heavy atom. The van der Waals surface area contributed by atoms with E-state index in [0.29, 0.717) is 38.5 Å². The van der Waals surface area contributed by atoms with E-state index < -0.39 is 23.4 Å². The Balaban J connectivity index is 4.39. The largest absolute Gasteiger partial charge is 0.392 e. The molecule has 36 heavy (non-hydrogen) atoms. The fourth-order valence-electron chi connectivity index (χ4n) is 3.90. The Hall–Kier alpha value is -1.28. The van der Waals surface area contributed by atoms with E-state index in [1.165, 1.54) is 11.1 Å². The molecule has 0 aromatic carbocycles. The van der Waals surface area contributed by atoms with Gasteiger partial charge >= 0.3 is 0 Å². The van der Waals surface area contributed by atoms with Crippen LogP contribution < -0.4 is 0 Å². The van der Waals surface area contributed by atoms with Crippen LogP contribution in [0.5, 0.6) is 0 Å². The molecule has 6 nitrogen and oxygen atoms in total. The fourth-order valence-corrected chi connectivity index (χ4v) is 3.90. The molecule has 0 aliphatic heterocycles. The van der Waals surface area contributed by atoms with Crippen molar-refractivity contribution in [2.45, 2.75) is 129 Å². The van der Waals surface area contributed by atoms with E-state index >= 15 is 0 Å². The van der Waals surface area contributed by atoms with Crippen LogP contribution in [0.25, 0.3) is 0 Å². The lowest BCUT2D eigenvalue weighted by Gasteiger charge is -2.29. The Morgan fingerprint density at radius 2 is 0.889 bits per heavy atom. The standard InChI is InChI=1S/C30H54O6/c1-23(15-17-27(33)29(5,35)19-9-13-25(3)21-31)11-7-8-12-24(2)16-18-28(34)30(6,36)20-10-14-26(4)22-32/h11-14,27-28,31-36H,7-10,15-22H2,1-6H3/b23-11+,24-12+,25-13+,26-14+/t27-,28+,29+,30-. The van der Waals surface area contributed by atoms with Crippen molar-refractivity contribution in [2.75, 3.05) is 13.2 Å². The van der Waals surface area contributed by atoms with Crippen molar-refractivity contribution < 1.29 is 30.6 Å². The van der Waals surface area contributed by atoms with Crippen LogP contribution in [-0.4, -0.2) is 67.3 Å². The summed E-state index contributed by atoms with van der Waals surface area (Å²) >= 11 is 0. The van der Waals surface area contributed by atoms with Gasteiger partial charge in [0.1, 0.15) is 0 Å². The molecule has 6 heteroatoms. The highest BCUT2D eigenvalue weighted by Crippen LogP contribution is 2.24. The van der Waals surface area contributed by atoms with Crippen molar-refractivity contribution in [3.8, 4) is 0 Å². The van der Waals surface area contributed by atoms with Gasteiger partial charge < -0.3 is 30.6 Å². The second-order valence-corrected chi connectivity index (χ2v) is 11.0. The van der Waals surface area contributed by atoms with Gasteiger partial charge in [-0.1, -0.05) is 46.6 Å². The Kier molecular flexibility index (Phi) is 17.4. The van der Waals surface area contributed by atoms with Crippen LogP contribution in [0.1, 0.15) is 106 Å². The van der Waals surface area contributed by atoms with Gasteiger partial charge in [0, 0.05) is 0 Å². The van der Waals surface area contributed by atoms with Crippen LogP contribution in [0.3, 0.4) is 0 Å². The van der Waals surface area contributed by atoms with Crippen molar-refractivity contribution in [2.24, 2.45) is 0 Å². The number of rotatable bonds is 19. The van der Waals surface area contributed by atoms with E-state index in [1.54, 1.807) is 13.8 Å². The zero-order valence-electron chi connectivity index (χ0n) is 23.6. The maximum atomic E-state index is 10.6. The van der Waals surface area contributed by atoms with Crippen LogP contribution in [0.2, 0.25) is 0 Å². The molecule has 0 bridgehead atoms. The van der Waals surface area contributed by atoms with E-state index in [0.717, 1.165) is 36.8 Å². The average Bonchev–Trinajstić information content (AvgIpc) is 2.82. The first kappa shape index (κ1) is 34.7. The third-order valence-electron chi connectivity index (χ3n) is 7.00. The lowest BCUT2D eigenvalue weighted by Crippen LogP contribution is -2.39. The molecule has 0 spiro atoms. The van der Waals surface area contributed by atoms with Gasteiger partial charge in [-0.25, -0.2) is 0 Å². The molecule has 0 saturated heterocycles. The van der Waals surface area contributed by atoms with Crippen LogP contribution in [-0.2, 0) is 0 Å². The summed E-state index contributed by atoms with van der Waals surface area (Å²) in [5.41, 5.74) is 1.79. The van der Waals surface area contributed by atoms with Crippen molar-refractivity contribution in [3.05, 3.63) is 46.6 Å². The summed E-state index contributed by atoms with van der Waals surface area (Å²) in [5.74, 6) is 0. The molecule has 6 N–H and O–H groups in total. The van der Waals surface area contributed by atoms with Crippen LogP contribution in [0.4, 0.5) is 0 Å². The zero-order valence-corrected chi connectivity index (χ0v) is 23.6. The minimum atomic E-state index is -1.16. The smallest absolute Gasteiger partial charge is 0.0880 e. The molecule has 0 amide bonds. The Morgan fingerprint density at radius 3 is 1.19 bits per heavy atom. The van der Waals surface area contributed by atoms with Gasteiger partial charge in [-0.2, -0.15) is 0 Å². The van der Waals surface area contributed by atoms with Crippen molar-refractivity contribution in [1.82, 2.24) is 0 Å². The van der Waals surface area contributed by atoms with Crippen molar-refractivity contribution in [1.29, 1.82) is 0 Å². The lowest BCUT2D eigenvalue weighted by atomic mass is 9.89. The number of unbranched alkanes of at least 4 members (excludes halogenated alkanes) is 1. The SMILES string of the molecule is C/C(=C\CC[C@](C)(O)[C@H](O)CC/C(C)=C/CC/C=C(\C)CC[C@H](O)[C@](C)(O)CC/C=C(\C)CO)CO. The van der Waals surface area contributed by atoms with Crippen LogP contribution in [0.15, 0.2) is 46.6 Å². The molecule has 0 rings (SSSR count). The highest BCUT2D eigenvalue weighted by Gasteiger charge is 2.30. The molecule has 0 saturated carbocycles. The van der Waals surface area contributed by atoms with Gasteiger partial charge in [-0.05, 0) is 106 Å². The molecule has 210 valence electrons. The van der Waals surface area contributed by atoms with Crippen LogP contribution in [0, 0.1) is 0 Å². The highest BCUT2D eigenvalue weighted by molar-refractivity contribution is 5.04. The van der Waals surface area contributed by atoms with E-state index in [2.05, 4.69) is 12.2 Å². The first-order valence-corrected chi connectivity index (χ1v) is 13.4. The lowest BCUT2D eigenvalue weighted by molar-refractivity contribution is -0.0692. The predicted molar refractivity (Wildman–Crippen MR) is 149 cm³/mol. The molecule has 0 heterocycles. The molecule has 4 atom stereocenters. The maximum Gasteiger partial charge on any atom is 0.0880 e. The summed E-state index contributed by atoms with van der Waals surface area (Å²) < 4.78 is 0. The highest BCUT2D eigenvalue weighted by atomic mass is 16.3. The quantitative estimate of drug-likeness (QED) is 0.109. The number of aliphatic hydroxyl groups excluding tert-OH is 4. The van der Waals surface area contributed by atoms with E-state index in [-0.39, 0.29) is 13.2 Å². The molecule has 0 aliphatic carbocycles. The molecule has 0 aromatic rings. The second-order valence-electron chi connectivity index (χ2n) is 11.0. The second kappa shape index (κ2) is 18.1. The summed E-state index contributed by atoms with van der Waals surface area (Å²) in [6.45, 7) is 11.1.